The Hall–Kier alpha value is -8.54. The van der Waals surface area contributed by atoms with Crippen molar-refractivity contribution in [3.8, 4) is 84.6 Å². The summed E-state index contributed by atoms with van der Waals surface area (Å²) in [6.45, 7) is 13.9. The number of hydrogen-bond acceptors (Lipinski definition) is 4. The van der Waals surface area contributed by atoms with Crippen LogP contribution >= 0.6 is 0 Å². The molecule has 0 saturated carbocycles. The second-order valence-electron chi connectivity index (χ2n) is 21.5. The Morgan fingerprint density at radius 2 is 0.750 bits per heavy atom. The number of imidazole rings is 1. The summed E-state index contributed by atoms with van der Waals surface area (Å²) in [4.78, 5) is 20.9. The molecule has 0 amide bonds. The molecule has 9 aromatic carbocycles. The minimum Gasteiger partial charge on any atom is -0.292 e. The highest BCUT2D eigenvalue weighted by Crippen LogP contribution is 2.64. The third-order valence-corrected chi connectivity index (χ3v) is 15.0. The van der Waals surface area contributed by atoms with Gasteiger partial charge in [-0.05, 0) is 120 Å². The van der Waals surface area contributed by atoms with Crippen molar-refractivity contribution < 1.29 is 0 Å². The zero-order chi connectivity index (χ0) is 48.9. The summed E-state index contributed by atoms with van der Waals surface area (Å²) in [5.41, 5.74) is 21.2. The molecule has 1 spiro atoms. The van der Waals surface area contributed by atoms with Gasteiger partial charge in [0.15, 0.2) is 17.5 Å². The zero-order valence-electron chi connectivity index (χ0n) is 41.4. The maximum absolute atomic E-state index is 5.27. The van der Waals surface area contributed by atoms with Gasteiger partial charge in [-0.3, -0.25) is 4.57 Å². The molecular weight excluding hydrogens is 875 g/mol. The molecule has 0 atom stereocenters. The van der Waals surface area contributed by atoms with Crippen LogP contribution in [0.4, 0.5) is 0 Å². The lowest BCUT2D eigenvalue weighted by atomic mass is 9.68. The number of rotatable bonds is 6. The maximum Gasteiger partial charge on any atom is 0.164 e. The molecule has 0 saturated heterocycles. The monoisotopic (exact) mass is 927 g/mol. The van der Waals surface area contributed by atoms with E-state index in [2.05, 4.69) is 222 Å². The molecule has 13 rings (SSSR count). The van der Waals surface area contributed by atoms with Gasteiger partial charge in [-0.15, -0.1) is 0 Å². The Labute approximate surface area is 421 Å². The summed E-state index contributed by atoms with van der Waals surface area (Å²) in [7, 11) is 0. The smallest absolute Gasteiger partial charge is 0.164 e. The molecule has 0 bridgehead atoms. The lowest BCUT2D eigenvalue weighted by Gasteiger charge is -2.33. The fraction of sp³-hybridized carbons (Fsp3) is 0.134. The van der Waals surface area contributed by atoms with Crippen molar-refractivity contribution in [2.75, 3.05) is 0 Å². The van der Waals surface area contributed by atoms with Crippen LogP contribution in [0.25, 0.3) is 95.7 Å². The molecule has 11 aromatic rings. The van der Waals surface area contributed by atoms with Gasteiger partial charge in [-0.1, -0.05) is 211 Å². The zero-order valence-corrected chi connectivity index (χ0v) is 41.4. The van der Waals surface area contributed by atoms with Crippen molar-refractivity contribution in [2.45, 2.75) is 57.8 Å². The summed E-state index contributed by atoms with van der Waals surface area (Å²) in [5.74, 6) is 2.84. The van der Waals surface area contributed by atoms with E-state index in [0.717, 1.165) is 55.9 Å². The van der Waals surface area contributed by atoms with Gasteiger partial charge < -0.3 is 0 Å². The molecule has 346 valence electrons. The van der Waals surface area contributed by atoms with Crippen LogP contribution in [0.1, 0.15) is 74.9 Å². The molecule has 2 aliphatic rings. The number of hydrogen-bond donors (Lipinski definition) is 0. The van der Waals surface area contributed by atoms with Crippen LogP contribution in [-0.2, 0) is 16.2 Å². The van der Waals surface area contributed by atoms with E-state index in [-0.39, 0.29) is 10.8 Å². The van der Waals surface area contributed by atoms with Gasteiger partial charge in [0.2, 0.25) is 0 Å². The quantitative estimate of drug-likeness (QED) is 0.167. The first-order chi connectivity index (χ1) is 34.9. The van der Waals surface area contributed by atoms with Crippen molar-refractivity contribution in [1.29, 1.82) is 0 Å². The highest BCUT2D eigenvalue weighted by molar-refractivity contribution is 5.97. The molecule has 0 radical (unpaired) electrons. The maximum atomic E-state index is 5.27. The number of benzene rings is 9. The molecule has 0 aliphatic heterocycles. The number of aromatic nitrogens is 5. The van der Waals surface area contributed by atoms with Gasteiger partial charge in [0, 0.05) is 27.9 Å². The highest BCUT2D eigenvalue weighted by Gasteiger charge is 2.52. The first-order valence-corrected chi connectivity index (χ1v) is 25.0. The molecule has 0 unspecified atom stereocenters. The topological polar surface area (TPSA) is 56.5 Å². The lowest BCUT2D eigenvalue weighted by Crippen LogP contribution is -2.27. The predicted octanol–water partition coefficient (Wildman–Crippen LogP) is 16.5. The molecule has 2 aliphatic carbocycles. The van der Waals surface area contributed by atoms with Gasteiger partial charge in [-0.2, -0.15) is 0 Å². The average Bonchev–Trinajstić information content (AvgIpc) is 4.05. The van der Waals surface area contributed by atoms with Crippen molar-refractivity contribution in [3.05, 3.63) is 246 Å². The SMILES string of the molecule is CC(C)(C)c1ccc2c(c1)C1(c3cc(-c4cccc(-c5nc6ccccc6n5-c5ccccc5)c4)ccc3-c3ccc(-c4nc(-c5ccccc5)nc(-c5ccccc5)n4)cc31)c1cc(C(C)(C)C)ccc1-2. The van der Waals surface area contributed by atoms with Crippen LogP contribution < -0.4 is 0 Å². The van der Waals surface area contributed by atoms with E-state index < -0.39 is 5.41 Å². The van der Waals surface area contributed by atoms with E-state index in [1.54, 1.807) is 0 Å². The molecule has 2 heterocycles. The summed E-state index contributed by atoms with van der Waals surface area (Å²) < 4.78 is 2.28. The highest BCUT2D eigenvalue weighted by atomic mass is 15.1. The van der Waals surface area contributed by atoms with Gasteiger partial charge in [0.1, 0.15) is 5.82 Å². The molecule has 5 heteroatoms. The molecule has 0 fully saturated rings. The summed E-state index contributed by atoms with van der Waals surface area (Å²) >= 11 is 0. The summed E-state index contributed by atoms with van der Waals surface area (Å²) in [5, 5.41) is 0. The predicted molar refractivity (Wildman–Crippen MR) is 295 cm³/mol. The summed E-state index contributed by atoms with van der Waals surface area (Å²) in [6, 6.07) is 77.0. The Morgan fingerprint density at radius 3 is 1.31 bits per heavy atom. The molecule has 72 heavy (non-hydrogen) atoms. The normalized spacial score (nSPS) is 13.2. The molecule has 2 aromatic heterocycles. The van der Waals surface area contributed by atoms with E-state index in [1.165, 1.54) is 55.6 Å². The Bertz CT molecular complexity index is 3810. The van der Waals surface area contributed by atoms with E-state index in [4.69, 9.17) is 19.9 Å². The lowest BCUT2D eigenvalue weighted by molar-refractivity contribution is 0.586. The first kappa shape index (κ1) is 43.5. The first-order valence-electron chi connectivity index (χ1n) is 25.0. The van der Waals surface area contributed by atoms with Crippen LogP contribution in [0.5, 0.6) is 0 Å². The minimum atomic E-state index is -0.666. The minimum absolute atomic E-state index is 0.0846. The van der Waals surface area contributed by atoms with Crippen molar-refractivity contribution in [1.82, 2.24) is 24.5 Å². The third kappa shape index (κ3) is 6.90. The van der Waals surface area contributed by atoms with Gasteiger partial charge >= 0.3 is 0 Å². The van der Waals surface area contributed by atoms with Crippen molar-refractivity contribution >= 4 is 11.0 Å². The van der Waals surface area contributed by atoms with Crippen LogP contribution in [-0.4, -0.2) is 24.5 Å². The number of fused-ring (bicyclic) bond motifs is 11. The largest absolute Gasteiger partial charge is 0.292 e. The number of nitrogens with zero attached hydrogens (tertiary/aromatic N) is 5. The van der Waals surface area contributed by atoms with Crippen molar-refractivity contribution in [3.63, 3.8) is 0 Å². The molecule has 5 nitrogen and oxygen atoms in total. The van der Waals surface area contributed by atoms with Gasteiger partial charge in [-0.25, -0.2) is 19.9 Å². The van der Waals surface area contributed by atoms with Crippen LogP contribution in [0.15, 0.2) is 212 Å². The fourth-order valence-electron chi connectivity index (χ4n) is 11.3. The van der Waals surface area contributed by atoms with Gasteiger partial charge in [0.25, 0.3) is 0 Å². The Kier molecular flexibility index (Phi) is 9.82. The van der Waals surface area contributed by atoms with Crippen LogP contribution in [0, 0.1) is 0 Å². The van der Waals surface area contributed by atoms with Gasteiger partial charge in [0.05, 0.1) is 16.4 Å². The fourth-order valence-corrected chi connectivity index (χ4v) is 11.3. The van der Waals surface area contributed by atoms with E-state index in [9.17, 15) is 0 Å². The van der Waals surface area contributed by atoms with E-state index in [1.807, 2.05) is 36.4 Å². The Balaban J connectivity index is 1.06. The standard InChI is InChI=1S/C67H53N5/c1-65(2,3)48-31-35-53-54-36-32-49(66(4,5)6)41-58(54)67(57(53)40-48)55-38-45(44-23-18-24-47(37-44)64-68-59-27-16-17-28-60(59)72(64)50-25-14-9-15-26-50)29-33-51(55)52-34-30-46(39-56(52)67)63-70-61(42-19-10-7-11-20-42)69-62(71-63)43-21-12-8-13-22-43/h7-41H,1-6H3. The van der Waals surface area contributed by atoms with E-state index in [0.29, 0.717) is 17.5 Å². The average molecular weight is 928 g/mol. The second kappa shape index (κ2) is 16.3. The van der Waals surface area contributed by atoms with Crippen LogP contribution in [0.3, 0.4) is 0 Å². The van der Waals surface area contributed by atoms with Crippen molar-refractivity contribution in [2.24, 2.45) is 0 Å². The third-order valence-electron chi connectivity index (χ3n) is 15.0. The second-order valence-corrected chi connectivity index (χ2v) is 21.5. The molecule has 0 N–H and O–H groups in total. The Morgan fingerprint density at radius 1 is 0.333 bits per heavy atom. The van der Waals surface area contributed by atoms with E-state index >= 15 is 0 Å². The van der Waals surface area contributed by atoms with Crippen LogP contribution in [0.2, 0.25) is 0 Å². The number of para-hydroxylation sites is 3. The summed E-state index contributed by atoms with van der Waals surface area (Å²) in [6.07, 6.45) is 0. The molecular formula is C67H53N5.